The van der Waals surface area contributed by atoms with Gasteiger partial charge in [-0.25, -0.2) is 4.39 Å². The first-order valence-electron chi connectivity index (χ1n) is 5.44. The molecule has 2 heterocycles. The Balaban J connectivity index is 2.05. The van der Waals surface area contributed by atoms with Crippen molar-refractivity contribution in [2.24, 2.45) is 0 Å². The minimum Gasteiger partial charge on any atom is -0.492 e. The van der Waals surface area contributed by atoms with Crippen molar-refractivity contribution in [2.75, 3.05) is 19.7 Å². The predicted octanol–water partition coefficient (Wildman–Crippen LogP) is 1.84. The molecule has 1 saturated heterocycles. The van der Waals surface area contributed by atoms with Crippen LogP contribution in [-0.2, 0) is 5.41 Å². The third-order valence-corrected chi connectivity index (χ3v) is 3.58. The molecule has 15 heavy (non-hydrogen) atoms. The van der Waals surface area contributed by atoms with Gasteiger partial charge in [-0.2, -0.15) is 0 Å². The van der Waals surface area contributed by atoms with Gasteiger partial charge in [-0.3, -0.25) is 0 Å². The largest absolute Gasteiger partial charge is 0.492 e. The van der Waals surface area contributed by atoms with Crippen molar-refractivity contribution in [3.8, 4) is 5.75 Å². The average molecular weight is 207 g/mol. The van der Waals surface area contributed by atoms with Gasteiger partial charge in [-0.15, -0.1) is 0 Å². The van der Waals surface area contributed by atoms with Crippen LogP contribution in [0.4, 0.5) is 4.39 Å². The van der Waals surface area contributed by atoms with Gasteiger partial charge in [0.1, 0.15) is 11.6 Å². The minimum absolute atomic E-state index is 0.0721. The maximum absolute atomic E-state index is 13.2. The summed E-state index contributed by atoms with van der Waals surface area (Å²) in [5, 5.41) is 3.33. The number of ether oxygens (including phenoxy) is 1. The van der Waals surface area contributed by atoms with Crippen LogP contribution in [0.5, 0.6) is 5.75 Å². The molecule has 0 saturated carbocycles. The second-order valence-electron chi connectivity index (χ2n) is 4.46. The van der Waals surface area contributed by atoms with Crippen LogP contribution in [0.25, 0.3) is 0 Å². The van der Waals surface area contributed by atoms with E-state index in [4.69, 9.17) is 4.74 Å². The van der Waals surface area contributed by atoms with Gasteiger partial charge in [0.05, 0.1) is 6.61 Å². The molecule has 1 N–H and O–H groups in total. The fourth-order valence-electron chi connectivity index (χ4n) is 2.66. The highest BCUT2D eigenvalue weighted by Crippen LogP contribution is 2.44. The van der Waals surface area contributed by atoms with E-state index in [-0.39, 0.29) is 11.2 Å². The third-order valence-electron chi connectivity index (χ3n) is 3.58. The van der Waals surface area contributed by atoms with Gasteiger partial charge in [0.25, 0.3) is 0 Å². The average Bonchev–Trinajstić information content (AvgIpc) is 2.59. The van der Waals surface area contributed by atoms with Gasteiger partial charge in [0, 0.05) is 11.0 Å². The zero-order valence-corrected chi connectivity index (χ0v) is 8.55. The molecule has 1 aromatic carbocycles. The van der Waals surface area contributed by atoms with Gasteiger partial charge in [-0.1, -0.05) is 0 Å². The smallest absolute Gasteiger partial charge is 0.123 e. The van der Waals surface area contributed by atoms with Gasteiger partial charge >= 0.3 is 0 Å². The Kier molecular flexibility index (Phi) is 1.96. The Labute approximate surface area is 88.4 Å². The van der Waals surface area contributed by atoms with E-state index < -0.39 is 0 Å². The number of nitrogens with one attached hydrogen (secondary N) is 1. The van der Waals surface area contributed by atoms with E-state index in [9.17, 15) is 4.39 Å². The maximum atomic E-state index is 13.2. The van der Waals surface area contributed by atoms with Gasteiger partial charge in [-0.05, 0) is 44.1 Å². The van der Waals surface area contributed by atoms with Crippen molar-refractivity contribution in [3.63, 3.8) is 0 Å². The van der Waals surface area contributed by atoms with Crippen molar-refractivity contribution in [1.29, 1.82) is 0 Å². The first-order chi connectivity index (χ1) is 7.30. The number of hydrogen-bond donors (Lipinski definition) is 1. The molecular formula is C12H14FNO. The summed E-state index contributed by atoms with van der Waals surface area (Å²) in [6.07, 6.45) is 2.09. The lowest BCUT2D eigenvalue weighted by Gasteiger charge is -2.32. The van der Waals surface area contributed by atoms with E-state index >= 15 is 0 Å². The van der Waals surface area contributed by atoms with E-state index in [1.165, 1.54) is 6.07 Å². The Bertz CT molecular complexity index is 380. The van der Waals surface area contributed by atoms with Crippen LogP contribution in [0.3, 0.4) is 0 Å². The van der Waals surface area contributed by atoms with Gasteiger partial charge in [0.15, 0.2) is 0 Å². The highest BCUT2D eigenvalue weighted by Gasteiger charge is 2.41. The summed E-state index contributed by atoms with van der Waals surface area (Å²) < 4.78 is 18.9. The lowest BCUT2D eigenvalue weighted by atomic mass is 9.75. The molecule has 0 radical (unpaired) electrons. The molecule has 0 unspecified atom stereocenters. The number of hydrogen-bond acceptors (Lipinski definition) is 2. The molecule has 1 spiro atoms. The second-order valence-corrected chi connectivity index (χ2v) is 4.46. The Morgan fingerprint density at radius 1 is 1.27 bits per heavy atom. The summed E-state index contributed by atoms with van der Waals surface area (Å²) in [6.45, 7) is 2.71. The molecule has 0 atom stereocenters. The standard InChI is InChI=1S/C12H14FNO/c13-9-1-2-11-10(7-9)12(8-15-11)3-5-14-6-4-12/h1-2,7,14H,3-6,8H2. The number of fused-ring (bicyclic) bond motifs is 2. The van der Waals surface area contributed by atoms with Crippen LogP contribution in [0, 0.1) is 5.82 Å². The van der Waals surface area contributed by atoms with Crippen molar-refractivity contribution in [3.05, 3.63) is 29.6 Å². The highest BCUT2D eigenvalue weighted by atomic mass is 19.1. The van der Waals surface area contributed by atoms with E-state index in [0.717, 1.165) is 37.2 Å². The van der Waals surface area contributed by atoms with Gasteiger partial charge < -0.3 is 10.1 Å². The summed E-state index contributed by atoms with van der Waals surface area (Å²) in [6, 6.07) is 4.87. The summed E-state index contributed by atoms with van der Waals surface area (Å²) >= 11 is 0. The fraction of sp³-hybridized carbons (Fsp3) is 0.500. The summed E-state index contributed by atoms with van der Waals surface area (Å²) in [4.78, 5) is 0. The Morgan fingerprint density at radius 3 is 2.87 bits per heavy atom. The number of halogens is 1. The maximum Gasteiger partial charge on any atom is 0.123 e. The number of piperidine rings is 1. The predicted molar refractivity (Wildman–Crippen MR) is 55.7 cm³/mol. The Hall–Kier alpha value is -1.09. The molecule has 0 amide bonds. The first kappa shape index (κ1) is 9.16. The lowest BCUT2D eigenvalue weighted by molar-refractivity contribution is 0.220. The summed E-state index contributed by atoms with van der Waals surface area (Å²) in [7, 11) is 0. The molecule has 0 bridgehead atoms. The molecule has 80 valence electrons. The minimum atomic E-state index is -0.155. The molecule has 3 heteroatoms. The van der Waals surface area contributed by atoms with E-state index in [2.05, 4.69) is 5.32 Å². The van der Waals surface area contributed by atoms with Crippen LogP contribution in [-0.4, -0.2) is 19.7 Å². The van der Waals surface area contributed by atoms with Crippen molar-refractivity contribution < 1.29 is 9.13 Å². The normalized spacial score (nSPS) is 22.5. The monoisotopic (exact) mass is 207 g/mol. The molecule has 2 aliphatic heterocycles. The molecule has 0 aliphatic carbocycles. The van der Waals surface area contributed by atoms with Gasteiger partial charge in [0.2, 0.25) is 0 Å². The molecule has 2 nitrogen and oxygen atoms in total. The number of rotatable bonds is 0. The number of benzene rings is 1. The summed E-state index contributed by atoms with van der Waals surface area (Å²) in [5.74, 6) is 0.718. The van der Waals surface area contributed by atoms with Crippen LogP contribution in [0.15, 0.2) is 18.2 Å². The zero-order valence-electron chi connectivity index (χ0n) is 8.55. The van der Waals surface area contributed by atoms with E-state index in [1.807, 2.05) is 0 Å². The van der Waals surface area contributed by atoms with Crippen molar-refractivity contribution >= 4 is 0 Å². The molecule has 3 rings (SSSR count). The van der Waals surface area contributed by atoms with Crippen LogP contribution >= 0.6 is 0 Å². The molecule has 1 aromatic rings. The Morgan fingerprint density at radius 2 is 2.07 bits per heavy atom. The molecule has 2 aliphatic rings. The van der Waals surface area contributed by atoms with Crippen molar-refractivity contribution in [1.82, 2.24) is 5.32 Å². The van der Waals surface area contributed by atoms with Crippen LogP contribution in [0.2, 0.25) is 0 Å². The topological polar surface area (TPSA) is 21.3 Å². The summed E-state index contributed by atoms with van der Waals surface area (Å²) in [5.41, 5.74) is 1.15. The van der Waals surface area contributed by atoms with Crippen molar-refractivity contribution in [2.45, 2.75) is 18.3 Å². The SMILES string of the molecule is Fc1ccc2c(c1)C1(CCNCC1)CO2. The van der Waals surface area contributed by atoms with E-state index in [0.29, 0.717) is 6.61 Å². The van der Waals surface area contributed by atoms with E-state index in [1.54, 1.807) is 12.1 Å². The molecule has 0 aromatic heterocycles. The fourth-order valence-corrected chi connectivity index (χ4v) is 2.66. The first-order valence-corrected chi connectivity index (χ1v) is 5.44. The second kappa shape index (κ2) is 3.20. The van der Waals surface area contributed by atoms with Crippen LogP contribution in [0.1, 0.15) is 18.4 Å². The zero-order chi connectivity index (χ0) is 10.3. The molecular weight excluding hydrogens is 193 g/mol. The quantitative estimate of drug-likeness (QED) is 0.701. The highest BCUT2D eigenvalue weighted by molar-refractivity contribution is 5.44. The van der Waals surface area contributed by atoms with Crippen LogP contribution < -0.4 is 10.1 Å². The lowest BCUT2D eigenvalue weighted by Crippen LogP contribution is -2.40. The third kappa shape index (κ3) is 1.34. The molecule has 1 fully saturated rings.